The predicted octanol–water partition coefficient (Wildman–Crippen LogP) is 3.11. The van der Waals surface area contributed by atoms with Gasteiger partial charge in [0.1, 0.15) is 0 Å². The molecule has 2 aromatic rings. The fourth-order valence-electron chi connectivity index (χ4n) is 1.95. The Kier molecular flexibility index (Phi) is 5.11. The summed E-state index contributed by atoms with van der Waals surface area (Å²) in [6, 6.07) is 4.60. The van der Waals surface area contributed by atoms with E-state index in [1.54, 1.807) is 11.3 Å². The fourth-order valence-corrected chi connectivity index (χ4v) is 2.74. The van der Waals surface area contributed by atoms with Gasteiger partial charge in [-0.25, -0.2) is 0 Å². The van der Waals surface area contributed by atoms with E-state index < -0.39 is 0 Å². The van der Waals surface area contributed by atoms with Crippen molar-refractivity contribution in [3.8, 4) is 0 Å². The zero-order valence-corrected chi connectivity index (χ0v) is 11.5. The van der Waals surface area contributed by atoms with Crippen LogP contribution in [0.2, 0.25) is 0 Å². The molecule has 0 aliphatic heterocycles. The van der Waals surface area contributed by atoms with Crippen LogP contribution in [0.1, 0.15) is 37.8 Å². The van der Waals surface area contributed by atoms with Crippen molar-refractivity contribution in [2.75, 3.05) is 13.2 Å². The van der Waals surface area contributed by atoms with E-state index in [0.29, 0.717) is 12.6 Å². The molecule has 0 bridgehead atoms. The Balaban J connectivity index is 1.85. The lowest BCUT2D eigenvalue weighted by molar-refractivity contribution is 0.282. The molecule has 0 aliphatic carbocycles. The molecule has 2 heterocycles. The minimum absolute atomic E-state index is 0.300. The summed E-state index contributed by atoms with van der Waals surface area (Å²) in [5.74, 6) is 0. The summed E-state index contributed by atoms with van der Waals surface area (Å²) in [6.45, 7) is 3.46. The van der Waals surface area contributed by atoms with E-state index >= 15 is 0 Å². The van der Waals surface area contributed by atoms with Crippen molar-refractivity contribution in [3.63, 3.8) is 0 Å². The number of hydrogen-bond donors (Lipinski definition) is 2. The monoisotopic (exact) mass is 264 g/mol. The molecule has 0 fully saturated rings. The third-order valence-corrected chi connectivity index (χ3v) is 3.96. The van der Waals surface area contributed by atoms with Gasteiger partial charge in [-0.05, 0) is 55.8 Å². The minimum atomic E-state index is 0.300. The molecule has 3 nitrogen and oxygen atoms in total. The summed E-state index contributed by atoms with van der Waals surface area (Å²) in [7, 11) is 0. The molecule has 2 aromatic heterocycles. The number of aliphatic hydroxyl groups excluding tert-OH is 1. The number of nitrogens with zero attached hydrogens (tertiary/aromatic N) is 1. The number of hydrogen-bond acceptors (Lipinski definition) is 4. The van der Waals surface area contributed by atoms with Crippen LogP contribution in [0.15, 0.2) is 23.7 Å². The zero-order chi connectivity index (χ0) is 12.8. The summed E-state index contributed by atoms with van der Waals surface area (Å²) in [6.07, 6.45) is 5.05. The average Bonchev–Trinajstić information content (AvgIpc) is 2.85. The number of thiophene rings is 1. The maximum absolute atomic E-state index is 8.71. The summed E-state index contributed by atoms with van der Waals surface area (Å²) in [5, 5.41) is 14.3. The minimum Gasteiger partial charge on any atom is -0.396 e. The molecule has 0 saturated carbocycles. The van der Waals surface area contributed by atoms with Gasteiger partial charge in [0.2, 0.25) is 0 Å². The van der Waals surface area contributed by atoms with Gasteiger partial charge >= 0.3 is 0 Å². The molecule has 4 heteroatoms. The molecule has 2 N–H and O–H groups in total. The van der Waals surface area contributed by atoms with Gasteiger partial charge in [0.15, 0.2) is 0 Å². The van der Waals surface area contributed by atoms with Gasteiger partial charge in [-0.1, -0.05) is 0 Å². The number of unbranched alkanes of at least 4 members (excludes halogenated alkanes) is 2. The third-order valence-electron chi connectivity index (χ3n) is 3.11. The Hall–Kier alpha value is -0.970. The molecule has 0 amide bonds. The summed E-state index contributed by atoms with van der Waals surface area (Å²) < 4.78 is 1.25. The van der Waals surface area contributed by atoms with E-state index in [4.69, 9.17) is 5.11 Å². The van der Waals surface area contributed by atoms with Gasteiger partial charge in [-0.3, -0.25) is 4.98 Å². The highest BCUT2D eigenvalue weighted by atomic mass is 32.1. The van der Waals surface area contributed by atoms with Gasteiger partial charge in [0.05, 0.1) is 10.2 Å². The van der Waals surface area contributed by atoms with Crippen molar-refractivity contribution in [3.05, 3.63) is 29.3 Å². The normalized spacial score (nSPS) is 13.0. The van der Waals surface area contributed by atoms with Crippen LogP contribution >= 0.6 is 11.3 Å². The van der Waals surface area contributed by atoms with Crippen LogP contribution < -0.4 is 5.32 Å². The molecule has 1 unspecified atom stereocenters. The van der Waals surface area contributed by atoms with Crippen molar-refractivity contribution in [2.24, 2.45) is 0 Å². The van der Waals surface area contributed by atoms with Crippen LogP contribution in [0.3, 0.4) is 0 Å². The van der Waals surface area contributed by atoms with Gasteiger partial charge in [0, 0.05) is 18.8 Å². The van der Waals surface area contributed by atoms with Crippen LogP contribution in [-0.2, 0) is 0 Å². The van der Waals surface area contributed by atoms with Gasteiger partial charge < -0.3 is 10.4 Å². The number of aliphatic hydroxyl groups is 1. The average molecular weight is 264 g/mol. The maximum atomic E-state index is 8.71. The van der Waals surface area contributed by atoms with Gasteiger partial charge in [-0.2, -0.15) is 0 Å². The van der Waals surface area contributed by atoms with Gasteiger partial charge in [0.25, 0.3) is 0 Å². The van der Waals surface area contributed by atoms with Crippen molar-refractivity contribution < 1.29 is 5.11 Å². The van der Waals surface area contributed by atoms with Crippen LogP contribution in [0.5, 0.6) is 0 Å². The predicted molar refractivity (Wildman–Crippen MR) is 77.0 cm³/mol. The molecular formula is C14H20N2OS. The summed E-state index contributed by atoms with van der Waals surface area (Å²) >= 11 is 1.74. The SMILES string of the molecule is CC(NCCCCCO)c1cnc2ccsc2c1. The number of aromatic nitrogens is 1. The lowest BCUT2D eigenvalue weighted by atomic mass is 10.1. The maximum Gasteiger partial charge on any atom is 0.0809 e. The Morgan fingerprint density at radius 1 is 1.39 bits per heavy atom. The molecular weight excluding hydrogens is 244 g/mol. The summed E-state index contributed by atoms with van der Waals surface area (Å²) in [4.78, 5) is 4.46. The van der Waals surface area contributed by atoms with Crippen LogP contribution in [0.4, 0.5) is 0 Å². The largest absolute Gasteiger partial charge is 0.396 e. The van der Waals surface area contributed by atoms with Crippen LogP contribution in [0.25, 0.3) is 10.2 Å². The highest BCUT2D eigenvalue weighted by Gasteiger charge is 2.06. The topological polar surface area (TPSA) is 45.1 Å². The Bertz CT molecular complexity index is 483. The first-order valence-electron chi connectivity index (χ1n) is 6.48. The van der Waals surface area contributed by atoms with Gasteiger partial charge in [-0.15, -0.1) is 11.3 Å². The third kappa shape index (κ3) is 3.51. The fraction of sp³-hybridized carbons (Fsp3) is 0.500. The summed E-state index contributed by atoms with van der Waals surface area (Å²) in [5.41, 5.74) is 2.33. The van der Waals surface area contributed by atoms with Crippen LogP contribution in [-0.4, -0.2) is 23.2 Å². The van der Waals surface area contributed by atoms with E-state index in [1.807, 2.05) is 6.20 Å². The first-order chi connectivity index (χ1) is 8.81. The molecule has 1 atom stereocenters. The molecule has 2 rings (SSSR count). The van der Waals surface area contributed by atoms with E-state index in [-0.39, 0.29) is 0 Å². The second-order valence-electron chi connectivity index (χ2n) is 4.53. The molecule has 0 aliphatic rings. The number of rotatable bonds is 7. The van der Waals surface area contributed by atoms with Crippen LogP contribution in [0, 0.1) is 0 Å². The second kappa shape index (κ2) is 6.83. The molecule has 0 radical (unpaired) electrons. The standard InChI is InChI=1S/C14H20N2OS/c1-11(15-6-3-2-4-7-17)12-9-14-13(16-10-12)5-8-18-14/h5,8-11,15,17H,2-4,6-7H2,1H3. The molecule has 0 saturated heterocycles. The van der Waals surface area contributed by atoms with E-state index in [1.165, 1.54) is 10.3 Å². The first kappa shape index (κ1) is 13.5. The quantitative estimate of drug-likeness (QED) is 0.755. The molecule has 98 valence electrons. The number of fused-ring (bicyclic) bond motifs is 1. The zero-order valence-electron chi connectivity index (χ0n) is 10.7. The molecule has 0 spiro atoms. The highest BCUT2D eigenvalue weighted by molar-refractivity contribution is 7.17. The van der Waals surface area contributed by atoms with E-state index in [2.05, 4.69) is 34.7 Å². The van der Waals surface area contributed by atoms with Crippen molar-refractivity contribution >= 4 is 21.6 Å². The first-order valence-corrected chi connectivity index (χ1v) is 7.36. The highest BCUT2D eigenvalue weighted by Crippen LogP contribution is 2.22. The Morgan fingerprint density at radius 3 is 3.11 bits per heavy atom. The number of nitrogens with one attached hydrogen (secondary N) is 1. The van der Waals surface area contributed by atoms with Crippen molar-refractivity contribution in [1.82, 2.24) is 10.3 Å². The van der Waals surface area contributed by atoms with E-state index in [0.717, 1.165) is 31.3 Å². The molecule has 0 aromatic carbocycles. The Morgan fingerprint density at radius 2 is 2.28 bits per heavy atom. The second-order valence-corrected chi connectivity index (χ2v) is 5.48. The molecule has 18 heavy (non-hydrogen) atoms. The Labute approximate surface area is 112 Å². The number of pyridine rings is 1. The van der Waals surface area contributed by atoms with Crippen molar-refractivity contribution in [1.29, 1.82) is 0 Å². The smallest absolute Gasteiger partial charge is 0.0809 e. The lowest BCUT2D eigenvalue weighted by Crippen LogP contribution is -2.20. The van der Waals surface area contributed by atoms with Crippen molar-refractivity contribution in [2.45, 2.75) is 32.2 Å². The van der Waals surface area contributed by atoms with E-state index in [9.17, 15) is 0 Å². The lowest BCUT2D eigenvalue weighted by Gasteiger charge is -2.13.